The highest BCUT2D eigenvalue weighted by Gasteiger charge is 2.16. The predicted octanol–water partition coefficient (Wildman–Crippen LogP) is 9.01. The van der Waals surface area contributed by atoms with Crippen molar-refractivity contribution in [2.24, 2.45) is 5.92 Å². The van der Waals surface area contributed by atoms with E-state index in [1.165, 1.54) is 86.5 Å². The SMILES string of the molecule is COc1ccc(C(CCCCCCCCCCC(C)C)c2ccc(OC)c(C)c2)cc1C. The number of methoxy groups -OCH3 is 2. The first-order chi connectivity index (χ1) is 15.5. The van der Waals surface area contributed by atoms with Crippen LogP contribution in [-0.4, -0.2) is 14.2 Å². The van der Waals surface area contributed by atoms with Gasteiger partial charge in [-0.05, 0) is 60.6 Å². The summed E-state index contributed by atoms with van der Waals surface area (Å²) in [6.45, 7) is 8.93. The van der Waals surface area contributed by atoms with Crippen LogP contribution < -0.4 is 9.47 Å². The van der Waals surface area contributed by atoms with E-state index in [9.17, 15) is 0 Å². The Bertz CT molecular complexity index is 740. The molecule has 178 valence electrons. The van der Waals surface area contributed by atoms with Gasteiger partial charge in [0.25, 0.3) is 0 Å². The lowest BCUT2D eigenvalue weighted by atomic mass is 9.85. The second kappa shape index (κ2) is 14.2. The van der Waals surface area contributed by atoms with Crippen LogP contribution in [0.2, 0.25) is 0 Å². The Kier molecular flexibility index (Phi) is 11.7. The second-order valence-corrected chi connectivity index (χ2v) is 9.81. The van der Waals surface area contributed by atoms with E-state index in [1.807, 2.05) is 0 Å². The zero-order valence-corrected chi connectivity index (χ0v) is 21.5. The molecule has 2 aromatic carbocycles. The van der Waals surface area contributed by atoms with E-state index in [0.29, 0.717) is 5.92 Å². The Morgan fingerprint density at radius 2 is 1.00 bits per heavy atom. The van der Waals surface area contributed by atoms with Crippen LogP contribution in [0.15, 0.2) is 36.4 Å². The van der Waals surface area contributed by atoms with Crippen LogP contribution in [0.1, 0.15) is 106 Å². The maximum Gasteiger partial charge on any atom is 0.121 e. The Morgan fingerprint density at radius 3 is 1.38 bits per heavy atom. The molecule has 0 saturated heterocycles. The third kappa shape index (κ3) is 8.52. The molecule has 2 aromatic rings. The van der Waals surface area contributed by atoms with Crippen molar-refractivity contribution in [1.82, 2.24) is 0 Å². The van der Waals surface area contributed by atoms with Gasteiger partial charge < -0.3 is 9.47 Å². The monoisotopic (exact) mass is 438 g/mol. The predicted molar refractivity (Wildman–Crippen MR) is 138 cm³/mol. The van der Waals surface area contributed by atoms with Crippen molar-refractivity contribution >= 4 is 0 Å². The fourth-order valence-corrected chi connectivity index (χ4v) is 4.72. The van der Waals surface area contributed by atoms with E-state index in [2.05, 4.69) is 64.1 Å². The van der Waals surface area contributed by atoms with Crippen molar-refractivity contribution in [3.05, 3.63) is 58.7 Å². The van der Waals surface area contributed by atoms with Crippen molar-refractivity contribution in [2.75, 3.05) is 14.2 Å². The number of hydrogen-bond acceptors (Lipinski definition) is 2. The average Bonchev–Trinajstić information content (AvgIpc) is 2.77. The molecule has 0 spiro atoms. The van der Waals surface area contributed by atoms with Crippen LogP contribution in [-0.2, 0) is 0 Å². The molecular weight excluding hydrogens is 392 g/mol. The summed E-state index contributed by atoms with van der Waals surface area (Å²) in [7, 11) is 3.49. The lowest BCUT2D eigenvalue weighted by Crippen LogP contribution is -2.04. The number of hydrogen-bond donors (Lipinski definition) is 0. The van der Waals surface area contributed by atoms with Gasteiger partial charge in [0, 0.05) is 5.92 Å². The van der Waals surface area contributed by atoms with E-state index in [0.717, 1.165) is 17.4 Å². The van der Waals surface area contributed by atoms with Crippen molar-refractivity contribution in [2.45, 2.75) is 97.8 Å². The van der Waals surface area contributed by atoms with E-state index >= 15 is 0 Å². The number of benzene rings is 2. The van der Waals surface area contributed by atoms with Crippen molar-refractivity contribution < 1.29 is 9.47 Å². The smallest absolute Gasteiger partial charge is 0.121 e. The van der Waals surface area contributed by atoms with Crippen LogP contribution >= 0.6 is 0 Å². The number of rotatable bonds is 15. The van der Waals surface area contributed by atoms with E-state index in [-0.39, 0.29) is 0 Å². The molecule has 0 heterocycles. The second-order valence-electron chi connectivity index (χ2n) is 9.81. The molecule has 0 aliphatic rings. The standard InChI is InChI=1S/C30H46O2/c1-23(2)15-13-11-9-7-8-10-12-14-16-28(26-17-19-29(31-5)24(3)21-26)27-18-20-30(32-6)25(4)22-27/h17-23,28H,7-16H2,1-6H3. The van der Waals surface area contributed by atoms with Crippen LogP contribution in [0.5, 0.6) is 11.5 Å². The van der Waals surface area contributed by atoms with Crippen molar-refractivity contribution in [3.8, 4) is 11.5 Å². The summed E-state index contributed by atoms with van der Waals surface area (Å²) in [5, 5.41) is 0. The van der Waals surface area contributed by atoms with Gasteiger partial charge >= 0.3 is 0 Å². The molecule has 2 nitrogen and oxygen atoms in total. The fraction of sp³-hybridized carbons (Fsp3) is 0.600. The Morgan fingerprint density at radius 1 is 0.594 bits per heavy atom. The molecule has 0 unspecified atom stereocenters. The van der Waals surface area contributed by atoms with Crippen molar-refractivity contribution in [1.29, 1.82) is 0 Å². The molecular formula is C30H46O2. The van der Waals surface area contributed by atoms with Gasteiger partial charge in [-0.1, -0.05) is 95.9 Å². The zero-order valence-electron chi connectivity index (χ0n) is 21.5. The summed E-state index contributed by atoms with van der Waals surface area (Å²) in [6.07, 6.45) is 13.5. The van der Waals surface area contributed by atoms with Crippen LogP contribution in [0.25, 0.3) is 0 Å². The molecule has 0 atom stereocenters. The highest BCUT2D eigenvalue weighted by Crippen LogP contribution is 2.34. The van der Waals surface area contributed by atoms with Gasteiger partial charge in [-0.3, -0.25) is 0 Å². The van der Waals surface area contributed by atoms with Gasteiger partial charge in [-0.15, -0.1) is 0 Å². The van der Waals surface area contributed by atoms with Gasteiger partial charge in [0.1, 0.15) is 11.5 Å². The lowest BCUT2D eigenvalue weighted by Gasteiger charge is -2.21. The molecule has 0 aliphatic carbocycles. The van der Waals surface area contributed by atoms with Crippen molar-refractivity contribution in [3.63, 3.8) is 0 Å². The minimum atomic E-state index is 0.417. The van der Waals surface area contributed by atoms with Gasteiger partial charge in [-0.25, -0.2) is 0 Å². The molecule has 0 aliphatic heterocycles. The molecule has 0 amide bonds. The average molecular weight is 439 g/mol. The molecule has 2 rings (SSSR count). The van der Waals surface area contributed by atoms with Crippen LogP contribution in [0, 0.1) is 19.8 Å². The van der Waals surface area contributed by atoms with E-state index < -0.39 is 0 Å². The summed E-state index contributed by atoms with van der Waals surface area (Å²) in [6, 6.07) is 13.3. The fourth-order valence-electron chi connectivity index (χ4n) is 4.72. The largest absolute Gasteiger partial charge is 0.496 e. The lowest BCUT2D eigenvalue weighted by molar-refractivity contribution is 0.411. The Balaban J connectivity index is 1.92. The Labute approximate surface area is 197 Å². The maximum absolute atomic E-state index is 5.49. The molecule has 0 saturated carbocycles. The molecule has 2 heteroatoms. The molecule has 0 N–H and O–H groups in total. The summed E-state index contributed by atoms with van der Waals surface area (Å²) in [4.78, 5) is 0. The van der Waals surface area contributed by atoms with Gasteiger partial charge in [0.15, 0.2) is 0 Å². The third-order valence-corrected chi connectivity index (χ3v) is 6.67. The molecule has 0 aromatic heterocycles. The minimum absolute atomic E-state index is 0.417. The highest BCUT2D eigenvalue weighted by molar-refractivity contribution is 5.44. The van der Waals surface area contributed by atoms with E-state index in [1.54, 1.807) is 14.2 Å². The van der Waals surface area contributed by atoms with Crippen LogP contribution in [0.3, 0.4) is 0 Å². The topological polar surface area (TPSA) is 18.5 Å². The first kappa shape index (κ1) is 26.3. The number of unbranched alkanes of at least 4 members (excludes halogenated alkanes) is 7. The summed E-state index contributed by atoms with van der Waals surface area (Å²) < 4.78 is 11.0. The minimum Gasteiger partial charge on any atom is -0.496 e. The third-order valence-electron chi connectivity index (χ3n) is 6.67. The number of ether oxygens (including phenoxy) is 2. The zero-order chi connectivity index (χ0) is 23.3. The first-order valence-electron chi connectivity index (χ1n) is 12.7. The van der Waals surface area contributed by atoms with E-state index in [4.69, 9.17) is 9.47 Å². The summed E-state index contributed by atoms with van der Waals surface area (Å²) >= 11 is 0. The summed E-state index contributed by atoms with van der Waals surface area (Å²) in [5.41, 5.74) is 5.19. The Hall–Kier alpha value is -1.96. The highest BCUT2D eigenvalue weighted by atomic mass is 16.5. The van der Waals surface area contributed by atoms with Gasteiger partial charge in [0.2, 0.25) is 0 Å². The summed E-state index contributed by atoms with van der Waals surface area (Å²) in [5.74, 6) is 3.20. The number of aryl methyl sites for hydroxylation is 2. The molecule has 0 bridgehead atoms. The van der Waals surface area contributed by atoms with Gasteiger partial charge in [0.05, 0.1) is 14.2 Å². The quantitative estimate of drug-likeness (QED) is 0.258. The molecule has 0 radical (unpaired) electrons. The molecule has 0 fully saturated rings. The first-order valence-corrected chi connectivity index (χ1v) is 12.7. The normalized spacial score (nSPS) is 11.4. The van der Waals surface area contributed by atoms with Gasteiger partial charge in [-0.2, -0.15) is 0 Å². The maximum atomic E-state index is 5.49. The molecule has 32 heavy (non-hydrogen) atoms. The van der Waals surface area contributed by atoms with Crippen LogP contribution in [0.4, 0.5) is 0 Å².